The van der Waals surface area contributed by atoms with Crippen LogP contribution in [0.3, 0.4) is 0 Å². The molecule has 0 N–H and O–H groups in total. The predicted molar refractivity (Wildman–Crippen MR) is 108 cm³/mol. The SMILES string of the molecule is CCC(C(=O)c1ccc(N(Cc2cnc(C)c(C)n2)C(=O)C(F)(F)F)cc1)C(C)C. The number of aryl methyl sites for hydroxylation is 2. The van der Waals surface area contributed by atoms with E-state index < -0.39 is 12.1 Å². The quantitative estimate of drug-likeness (QED) is 0.587. The highest BCUT2D eigenvalue weighted by Gasteiger charge is 2.43. The molecule has 1 aromatic heterocycles. The lowest BCUT2D eigenvalue weighted by Crippen LogP contribution is -2.41. The molecule has 0 aliphatic heterocycles. The van der Waals surface area contributed by atoms with E-state index in [0.29, 0.717) is 28.3 Å². The Bertz CT molecular complexity index is 909. The van der Waals surface area contributed by atoms with E-state index in [4.69, 9.17) is 0 Å². The minimum atomic E-state index is -5.05. The van der Waals surface area contributed by atoms with Gasteiger partial charge < -0.3 is 0 Å². The van der Waals surface area contributed by atoms with E-state index in [2.05, 4.69) is 9.97 Å². The second-order valence-electron chi connectivity index (χ2n) is 7.59. The molecule has 30 heavy (non-hydrogen) atoms. The number of ketones is 1. The monoisotopic (exact) mass is 421 g/mol. The smallest absolute Gasteiger partial charge is 0.299 e. The van der Waals surface area contributed by atoms with Gasteiger partial charge in [0.15, 0.2) is 5.78 Å². The lowest BCUT2D eigenvalue weighted by Gasteiger charge is -2.24. The molecule has 162 valence electrons. The van der Waals surface area contributed by atoms with E-state index in [1.165, 1.54) is 30.5 Å². The molecule has 1 heterocycles. The van der Waals surface area contributed by atoms with E-state index in [1.807, 2.05) is 20.8 Å². The number of amides is 1. The fourth-order valence-electron chi connectivity index (χ4n) is 3.24. The first-order valence-electron chi connectivity index (χ1n) is 9.77. The fourth-order valence-corrected chi connectivity index (χ4v) is 3.24. The minimum Gasteiger partial charge on any atom is -0.299 e. The molecule has 0 radical (unpaired) electrons. The molecule has 0 bridgehead atoms. The first kappa shape index (κ1) is 23.5. The number of rotatable bonds is 7. The standard InChI is InChI=1S/C22H26F3N3O2/c1-6-19(13(2)3)20(29)16-7-9-18(10-8-16)28(21(30)22(23,24)25)12-17-11-26-14(4)15(5)27-17/h7-11,13,19H,6,12H2,1-5H3. The van der Waals surface area contributed by atoms with E-state index in [0.717, 1.165) is 0 Å². The molecule has 0 saturated heterocycles. The zero-order chi connectivity index (χ0) is 22.6. The number of nitrogens with zero attached hydrogens (tertiary/aromatic N) is 3. The number of anilines is 1. The van der Waals surface area contributed by atoms with Crippen molar-refractivity contribution < 1.29 is 22.8 Å². The van der Waals surface area contributed by atoms with Crippen LogP contribution in [0.4, 0.5) is 18.9 Å². The van der Waals surface area contributed by atoms with Crippen molar-refractivity contribution in [2.75, 3.05) is 4.90 Å². The zero-order valence-corrected chi connectivity index (χ0v) is 17.7. The largest absolute Gasteiger partial charge is 0.471 e. The molecule has 0 spiro atoms. The van der Waals surface area contributed by atoms with Gasteiger partial charge in [-0.15, -0.1) is 0 Å². The zero-order valence-electron chi connectivity index (χ0n) is 17.7. The Labute approximate surface area is 174 Å². The van der Waals surface area contributed by atoms with Gasteiger partial charge in [-0.25, -0.2) is 0 Å². The number of hydrogen-bond donors (Lipinski definition) is 0. The molecule has 2 aromatic rings. The highest BCUT2D eigenvalue weighted by Crippen LogP contribution is 2.27. The summed E-state index contributed by atoms with van der Waals surface area (Å²) in [5, 5.41) is 0. The van der Waals surface area contributed by atoms with Gasteiger partial charge in [-0.1, -0.05) is 20.8 Å². The summed E-state index contributed by atoms with van der Waals surface area (Å²) in [6.45, 7) is 8.88. The number of halogens is 3. The molecule has 1 unspecified atom stereocenters. The van der Waals surface area contributed by atoms with Crippen molar-refractivity contribution in [1.29, 1.82) is 0 Å². The normalized spacial score (nSPS) is 12.7. The second-order valence-corrected chi connectivity index (χ2v) is 7.59. The number of benzene rings is 1. The summed E-state index contributed by atoms with van der Waals surface area (Å²) in [7, 11) is 0. The number of alkyl halides is 3. The minimum absolute atomic E-state index is 0.0338. The third-order valence-corrected chi connectivity index (χ3v) is 5.09. The van der Waals surface area contributed by atoms with Crippen molar-refractivity contribution >= 4 is 17.4 Å². The van der Waals surface area contributed by atoms with Crippen LogP contribution in [0.1, 0.15) is 54.6 Å². The van der Waals surface area contributed by atoms with E-state index in [9.17, 15) is 22.8 Å². The van der Waals surface area contributed by atoms with Gasteiger partial charge in [0, 0.05) is 17.2 Å². The Hall–Kier alpha value is -2.77. The second kappa shape index (κ2) is 9.36. The summed E-state index contributed by atoms with van der Waals surface area (Å²) in [6.07, 6.45) is -3.03. The molecule has 0 saturated carbocycles. The molecule has 2 rings (SSSR count). The molecule has 0 aliphatic rings. The first-order chi connectivity index (χ1) is 14.0. The molecular formula is C22H26F3N3O2. The summed E-state index contributed by atoms with van der Waals surface area (Å²) in [4.78, 5) is 33.7. The summed E-state index contributed by atoms with van der Waals surface area (Å²) in [6, 6.07) is 5.65. The Morgan fingerprint density at radius 1 is 1.07 bits per heavy atom. The van der Waals surface area contributed by atoms with Crippen LogP contribution in [0.15, 0.2) is 30.5 Å². The summed E-state index contributed by atoms with van der Waals surface area (Å²) in [5.41, 5.74) is 1.91. The summed E-state index contributed by atoms with van der Waals surface area (Å²) < 4.78 is 39.6. The van der Waals surface area contributed by atoms with Crippen LogP contribution >= 0.6 is 0 Å². The average Bonchev–Trinajstić information content (AvgIpc) is 2.68. The molecule has 5 nitrogen and oxygen atoms in total. The van der Waals surface area contributed by atoms with Crippen LogP contribution in [0.25, 0.3) is 0 Å². The van der Waals surface area contributed by atoms with Crippen LogP contribution in [0.2, 0.25) is 0 Å². The summed E-state index contributed by atoms with van der Waals surface area (Å²) >= 11 is 0. The molecule has 0 fully saturated rings. The van der Waals surface area contributed by atoms with Gasteiger partial charge >= 0.3 is 12.1 Å². The van der Waals surface area contributed by atoms with Crippen LogP contribution in [-0.4, -0.2) is 27.8 Å². The number of carbonyl (C=O) groups excluding carboxylic acids is 2. The van der Waals surface area contributed by atoms with Crippen molar-refractivity contribution in [3.8, 4) is 0 Å². The Morgan fingerprint density at radius 2 is 1.67 bits per heavy atom. The maximum Gasteiger partial charge on any atom is 0.471 e. The van der Waals surface area contributed by atoms with E-state index in [-0.39, 0.29) is 35.5 Å². The highest BCUT2D eigenvalue weighted by atomic mass is 19.4. The first-order valence-corrected chi connectivity index (χ1v) is 9.77. The average molecular weight is 421 g/mol. The molecule has 1 amide bonds. The van der Waals surface area contributed by atoms with Crippen LogP contribution in [-0.2, 0) is 11.3 Å². The lowest BCUT2D eigenvalue weighted by atomic mass is 9.86. The van der Waals surface area contributed by atoms with Gasteiger partial charge in [0.25, 0.3) is 0 Å². The van der Waals surface area contributed by atoms with Gasteiger partial charge in [0.2, 0.25) is 0 Å². The van der Waals surface area contributed by atoms with Crippen molar-refractivity contribution in [3.63, 3.8) is 0 Å². The third-order valence-electron chi connectivity index (χ3n) is 5.09. The van der Waals surface area contributed by atoms with Gasteiger partial charge in [-0.05, 0) is 50.5 Å². The predicted octanol–water partition coefficient (Wildman–Crippen LogP) is 5.05. The topological polar surface area (TPSA) is 63.2 Å². The van der Waals surface area contributed by atoms with E-state index >= 15 is 0 Å². The Morgan fingerprint density at radius 3 is 2.13 bits per heavy atom. The number of Topliss-reactive ketones (excluding diaryl/α,β-unsaturated/α-hetero) is 1. The van der Waals surface area contributed by atoms with Crippen molar-refractivity contribution in [3.05, 3.63) is 53.1 Å². The maximum atomic E-state index is 13.2. The van der Waals surface area contributed by atoms with Gasteiger partial charge in [0.05, 0.1) is 29.8 Å². The van der Waals surface area contributed by atoms with Gasteiger partial charge in [-0.2, -0.15) is 13.2 Å². The van der Waals surface area contributed by atoms with Crippen LogP contribution < -0.4 is 4.90 Å². The highest BCUT2D eigenvalue weighted by molar-refractivity contribution is 6.00. The number of carbonyl (C=O) groups is 2. The third kappa shape index (κ3) is 5.43. The summed E-state index contributed by atoms with van der Waals surface area (Å²) in [5.74, 6) is -2.09. The van der Waals surface area contributed by atoms with Gasteiger partial charge in [-0.3, -0.25) is 24.5 Å². The molecule has 8 heteroatoms. The Balaban J connectivity index is 2.37. The van der Waals surface area contributed by atoms with Crippen molar-refractivity contribution in [1.82, 2.24) is 9.97 Å². The van der Waals surface area contributed by atoms with Crippen LogP contribution in [0, 0.1) is 25.7 Å². The van der Waals surface area contributed by atoms with Crippen molar-refractivity contribution in [2.45, 2.75) is 53.8 Å². The lowest BCUT2D eigenvalue weighted by molar-refractivity contribution is -0.170. The Kier molecular flexibility index (Phi) is 7.34. The molecular weight excluding hydrogens is 395 g/mol. The molecule has 1 aromatic carbocycles. The van der Waals surface area contributed by atoms with Crippen molar-refractivity contribution in [2.24, 2.45) is 11.8 Å². The fraction of sp³-hybridized carbons (Fsp3) is 0.455. The van der Waals surface area contributed by atoms with Crippen LogP contribution in [0.5, 0.6) is 0 Å². The number of hydrogen-bond acceptors (Lipinski definition) is 4. The molecule has 0 aliphatic carbocycles. The van der Waals surface area contributed by atoms with Gasteiger partial charge in [0.1, 0.15) is 0 Å². The molecule has 1 atom stereocenters. The number of aromatic nitrogens is 2. The van der Waals surface area contributed by atoms with E-state index in [1.54, 1.807) is 13.8 Å². The maximum absolute atomic E-state index is 13.2.